The molecule has 0 spiro atoms. The molecule has 0 aliphatic heterocycles. The number of hydrogen-bond acceptors (Lipinski definition) is 3. The summed E-state index contributed by atoms with van der Waals surface area (Å²) in [6.45, 7) is 2.06. The first kappa shape index (κ1) is 13.1. The van der Waals surface area contributed by atoms with Gasteiger partial charge >= 0.3 is 0 Å². The first-order valence-electron chi connectivity index (χ1n) is 5.65. The van der Waals surface area contributed by atoms with Crippen LogP contribution in [0.2, 0.25) is 10.0 Å². The minimum absolute atomic E-state index is 0.505. The van der Waals surface area contributed by atoms with E-state index in [2.05, 4.69) is 22.2 Å². The molecular formula is C13H13Cl2N3. The van der Waals surface area contributed by atoms with Crippen molar-refractivity contribution in [3.05, 3.63) is 40.0 Å². The second-order valence-corrected chi connectivity index (χ2v) is 4.61. The molecule has 0 bridgehead atoms. The van der Waals surface area contributed by atoms with Crippen molar-refractivity contribution in [3.8, 4) is 11.4 Å². The van der Waals surface area contributed by atoms with Crippen LogP contribution in [0.15, 0.2) is 24.3 Å². The molecule has 1 aromatic carbocycles. The average molecular weight is 282 g/mol. The average Bonchev–Trinajstić information content (AvgIpc) is 2.41. The molecule has 2 rings (SSSR count). The van der Waals surface area contributed by atoms with Gasteiger partial charge in [0.2, 0.25) is 0 Å². The molecule has 1 heterocycles. The molecular weight excluding hydrogens is 269 g/mol. The van der Waals surface area contributed by atoms with Gasteiger partial charge in [-0.15, -0.1) is 0 Å². The van der Waals surface area contributed by atoms with Crippen molar-refractivity contribution in [3.63, 3.8) is 0 Å². The molecule has 0 saturated heterocycles. The third-order valence-electron chi connectivity index (χ3n) is 2.58. The van der Waals surface area contributed by atoms with Crippen molar-refractivity contribution in [1.29, 1.82) is 0 Å². The number of anilines is 1. The molecule has 1 N–H and O–H groups in total. The zero-order valence-corrected chi connectivity index (χ0v) is 11.7. The van der Waals surface area contributed by atoms with E-state index in [4.69, 9.17) is 23.2 Å². The number of nitrogens with one attached hydrogen (secondary N) is 1. The van der Waals surface area contributed by atoms with Crippen LogP contribution in [0.3, 0.4) is 0 Å². The van der Waals surface area contributed by atoms with Crippen LogP contribution in [0.1, 0.15) is 12.6 Å². The van der Waals surface area contributed by atoms with Crippen molar-refractivity contribution in [2.24, 2.45) is 0 Å². The molecule has 0 amide bonds. The molecule has 94 valence electrons. The van der Waals surface area contributed by atoms with E-state index in [1.165, 1.54) is 0 Å². The van der Waals surface area contributed by atoms with E-state index in [1.54, 1.807) is 12.1 Å². The third-order valence-corrected chi connectivity index (χ3v) is 3.31. The van der Waals surface area contributed by atoms with Gasteiger partial charge in [-0.1, -0.05) is 30.1 Å². The van der Waals surface area contributed by atoms with Gasteiger partial charge in [-0.05, 0) is 24.6 Å². The van der Waals surface area contributed by atoms with Crippen molar-refractivity contribution in [2.75, 3.05) is 12.4 Å². The number of hydrogen-bond donors (Lipinski definition) is 1. The Morgan fingerprint density at radius 1 is 1.11 bits per heavy atom. The Hall–Kier alpha value is -1.32. The lowest BCUT2D eigenvalue weighted by molar-refractivity contribution is 1.01. The van der Waals surface area contributed by atoms with E-state index in [1.807, 2.05) is 19.2 Å². The zero-order chi connectivity index (χ0) is 13.1. The second kappa shape index (κ2) is 5.55. The topological polar surface area (TPSA) is 37.8 Å². The molecule has 0 unspecified atom stereocenters. The monoisotopic (exact) mass is 281 g/mol. The lowest BCUT2D eigenvalue weighted by Gasteiger charge is -2.07. The molecule has 18 heavy (non-hydrogen) atoms. The maximum absolute atomic E-state index is 6.01. The standard InChI is InChI=1S/C13H13Cl2N3/c1-3-9-7-12(16-2)18-13(17-9)8-4-5-10(14)11(15)6-8/h4-7H,3H2,1-2H3,(H,16,17,18). The van der Waals surface area contributed by atoms with E-state index < -0.39 is 0 Å². The van der Waals surface area contributed by atoms with Gasteiger partial charge < -0.3 is 5.32 Å². The zero-order valence-electron chi connectivity index (χ0n) is 10.2. The summed E-state index contributed by atoms with van der Waals surface area (Å²) in [6.07, 6.45) is 0.853. The van der Waals surface area contributed by atoms with Crippen molar-refractivity contribution in [1.82, 2.24) is 9.97 Å². The molecule has 5 heteroatoms. The van der Waals surface area contributed by atoms with Gasteiger partial charge in [-0.3, -0.25) is 0 Å². The number of halogens is 2. The van der Waals surface area contributed by atoms with E-state index >= 15 is 0 Å². The van der Waals surface area contributed by atoms with Crippen LogP contribution in [0.5, 0.6) is 0 Å². The van der Waals surface area contributed by atoms with Crippen LogP contribution in [0, 0.1) is 0 Å². The van der Waals surface area contributed by atoms with Crippen LogP contribution >= 0.6 is 23.2 Å². The van der Waals surface area contributed by atoms with Crippen LogP contribution in [-0.2, 0) is 6.42 Å². The van der Waals surface area contributed by atoms with E-state index in [0.717, 1.165) is 23.5 Å². The van der Waals surface area contributed by atoms with Crippen molar-refractivity contribution >= 4 is 29.0 Å². The molecule has 0 fully saturated rings. The molecule has 0 aliphatic rings. The quantitative estimate of drug-likeness (QED) is 0.922. The summed E-state index contributed by atoms with van der Waals surface area (Å²) < 4.78 is 0. The highest BCUT2D eigenvalue weighted by Gasteiger charge is 2.07. The minimum Gasteiger partial charge on any atom is -0.373 e. The van der Waals surface area contributed by atoms with Crippen LogP contribution in [0.25, 0.3) is 11.4 Å². The number of benzene rings is 1. The Balaban J connectivity index is 2.51. The van der Waals surface area contributed by atoms with Crippen LogP contribution in [0.4, 0.5) is 5.82 Å². The summed E-state index contributed by atoms with van der Waals surface area (Å²) in [5.74, 6) is 1.44. The SMILES string of the molecule is CCc1cc(NC)nc(-c2ccc(Cl)c(Cl)c2)n1. The Morgan fingerprint density at radius 3 is 2.50 bits per heavy atom. The highest BCUT2D eigenvalue weighted by Crippen LogP contribution is 2.27. The number of nitrogens with zero attached hydrogens (tertiary/aromatic N) is 2. The van der Waals surface area contributed by atoms with E-state index in [0.29, 0.717) is 15.9 Å². The molecule has 0 atom stereocenters. The first-order chi connectivity index (χ1) is 8.63. The number of rotatable bonds is 3. The fourth-order valence-electron chi connectivity index (χ4n) is 1.57. The van der Waals surface area contributed by atoms with Gasteiger partial charge in [0.05, 0.1) is 10.0 Å². The van der Waals surface area contributed by atoms with Gasteiger partial charge in [0.1, 0.15) is 5.82 Å². The van der Waals surface area contributed by atoms with Crippen molar-refractivity contribution < 1.29 is 0 Å². The predicted octanol–water partition coefficient (Wildman–Crippen LogP) is 4.05. The van der Waals surface area contributed by atoms with Crippen LogP contribution < -0.4 is 5.32 Å². The summed E-state index contributed by atoms with van der Waals surface area (Å²) in [4.78, 5) is 8.90. The largest absolute Gasteiger partial charge is 0.373 e. The third kappa shape index (κ3) is 2.74. The van der Waals surface area contributed by atoms with Gasteiger partial charge in [0.25, 0.3) is 0 Å². The fraction of sp³-hybridized carbons (Fsp3) is 0.231. The lowest BCUT2D eigenvalue weighted by Crippen LogP contribution is -2.00. The van der Waals surface area contributed by atoms with Crippen LogP contribution in [-0.4, -0.2) is 17.0 Å². The minimum atomic E-state index is 0.505. The molecule has 0 saturated carbocycles. The second-order valence-electron chi connectivity index (χ2n) is 3.80. The summed E-state index contributed by atoms with van der Waals surface area (Å²) in [5, 5.41) is 4.06. The molecule has 1 aromatic heterocycles. The Kier molecular flexibility index (Phi) is 4.04. The van der Waals surface area contributed by atoms with E-state index in [9.17, 15) is 0 Å². The molecule has 0 radical (unpaired) electrons. The number of aromatic nitrogens is 2. The van der Waals surface area contributed by atoms with Gasteiger partial charge in [-0.25, -0.2) is 9.97 Å². The smallest absolute Gasteiger partial charge is 0.161 e. The summed E-state index contributed by atoms with van der Waals surface area (Å²) >= 11 is 11.9. The Morgan fingerprint density at radius 2 is 1.89 bits per heavy atom. The van der Waals surface area contributed by atoms with Crippen molar-refractivity contribution in [2.45, 2.75) is 13.3 Å². The fourth-order valence-corrected chi connectivity index (χ4v) is 1.87. The first-order valence-corrected chi connectivity index (χ1v) is 6.40. The van der Waals surface area contributed by atoms with Gasteiger partial charge in [-0.2, -0.15) is 0 Å². The summed E-state index contributed by atoms with van der Waals surface area (Å²) in [7, 11) is 1.83. The Labute approximate surface area is 116 Å². The molecule has 3 nitrogen and oxygen atoms in total. The highest BCUT2D eigenvalue weighted by atomic mass is 35.5. The lowest BCUT2D eigenvalue weighted by atomic mass is 10.2. The summed E-state index contributed by atoms with van der Waals surface area (Å²) in [5.41, 5.74) is 1.84. The maximum atomic E-state index is 6.01. The van der Waals surface area contributed by atoms with Gasteiger partial charge in [0, 0.05) is 24.4 Å². The maximum Gasteiger partial charge on any atom is 0.161 e. The number of aryl methyl sites for hydroxylation is 1. The predicted molar refractivity (Wildman–Crippen MR) is 76.4 cm³/mol. The molecule has 2 aromatic rings. The summed E-state index contributed by atoms with van der Waals surface area (Å²) in [6, 6.07) is 7.32. The van der Waals surface area contributed by atoms with Gasteiger partial charge in [0.15, 0.2) is 5.82 Å². The normalized spacial score (nSPS) is 10.4. The van der Waals surface area contributed by atoms with E-state index in [-0.39, 0.29) is 0 Å². The Bertz CT molecular complexity index is 548. The molecule has 0 aliphatic carbocycles. The highest BCUT2D eigenvalue weighted by molar-refractivity contribution is 6.42.